The number of piperidine rings is 1. The lowest BCUT2D eigenvalue weighted by Gasteiger charge is -2.33. The maximum absolute atomic E-state index is 12.4. The van der Waals surface area contributed by atoms with E-state index in [0.717, 1.165) is 18.5 Å². The van der Waals surface area contributed by atoms with Crippen LogP contribution in [0.15, 0.2) is 30.3 Å². The van der Waals surface area contributed by atoms with Gasteiger partial charge in [-0.25, -0.2) is 4.79 Å². The molecule has 1 aromatic rings. The highest BCUT2D eigenvalue weighted by molar-refractivity contribution is 5.93. The number of likely N-dealkylation sites (tertiary alicyclic amines) is 1. The fourth-order valence-electron chi connectivity index (χ4n) is 2.59. The van der Waals surface area contributed by atoms with Crippen molar-refractivity contribution in [2.75, 3.05) is 18.4 Å². The third kappa shape index (κ3) is 4.98. The van der Waals surface area contributed by atoms with Crippen LogP contribution < -0.4 is 10.6 Å². The van der Waals surface area contributed by atoms with Gasteiger partial charge < -0.3 is 15.5 Å². The Kier molecular flexibility index (Phi) is 6.02. The molecule has 0 radical (unpaired) electrons. The van der Waals surface area contributed by atoms with Crippen LogP contribution >= 0.6 is 0 Å². The average Bonchev–Trinajstić information content (AvgIpc) is 2.55. The molecule has 0 bridgehead atoms. The van der Waals surface area contributed by atoms with Gasteiger partial charge in [-0.3, -0.25) is 4.79 Å². The normalized spacial score (nSPS) is 19.3. The van der Waals surface area contributed by atoms with E-state index in [4.69, 9.17) is 0 Å². The topological polar surface area (TPSA) is 61.4 Å². The van der Waals surface area contributed by atoms with E-state index in [1.54, 1.807) is 4.90 Å². The summed E-state index contributed by atoms with van der Waals surface area (Å²) in [5, 5.41) is 5.95. The highest BCUT2D eigenvalue weighted by atomic mass is 16.2. The Hall–Kier alpha value is -2.04. The number of anilines is 1. The van der Waals surface area contributed by atoms with Crippen molar-refractivity contribution in [2.45, 2.75) is 39.7 Å². The molecule has 2 atom stereocenters. The van der Waals surface area contributed by atoms with E-state index in [-0.39, 0.29) is 23.9 Å². The first-order valence-corrected chi connectivity index (χ1v) is 8.38. The second-order valence-electron chi connectivity index (χ2n) is 6.62. The van der Waals surface area contributed by atoms with Crippen LogP contribution in [0.1, 0.15) is 33.6 Å². The summed E-state index contributed by atoms with van der Waals surface area (Å²) >= 11 is 0. The van der Waals surface area contributed by atoms with Crippen LogP contribution in [0.25, 0.3) is 0 Å². The monoisotopic (exact) mass is 317 g/mol. The lowest BCUT2D eigenvalue weighted by atomic mass is 9.97. The van der Waals surface area contributed by atoms with Gasteiger partial charge in [0.05, 0.1) is 5.92 Å². The maximum Gasteiger partial charge on any atom is 0.317 e. The number of carbonyl (C=O) groups is 2. The lowest BCUT2D eigenvalue weighted by Crippen LogP contribution is -2.50. The first-order chi connectivity index (χ1) is 11.0. The summed E-state index contributed by atoms with van der Waals surface area (Å²) in [4.78, 5) is 26.5. The Labute approximate surface area is 138 Å². The summed E-state index contributed by atoms with van der Waals surface area (Å²) in [5.74, 6) is 0.232. The SMILES string of the molecule is CC(C)C(C)NC(=O)N1CCCC(C(=O)Nc2ccccc2)C1. The van der Waals surface area contributed by atoms with Crippen LogP contribution in [-0.4, -0.2) is 36.0 Å². The largest absolute Gasteiger partial charge is 0.335 e. The van der Waals surface area contributed by atoms with Crippen molar-refractivity contribution in [3.63, 3.8) is 0 Å². The van der Waals surface area contributed by atoms with E-state index in [2.05, 4.69) is 24.5 Å². The van der Waals surface area contributed by atoms with Crippen molar-refractivity contribution in [3.05, 3.63) is 30.3 Å². The second kappa shape index (κ2) is 7.99. The molecule has 1 aromatic carbocycles. The van der Waals surface area contributed by atoms with Crippen LogP contribution in [0.3, 0.4) is 0 Å². The molecule has 5 nitrogen and oxygen atoms in total. The Morgan fingerprint density at radius 1 is 1.17 bits per heavy atom. The predicted molar refractivity (Wildman–Crippen MR) is 92.2 cm³/mol. The van der Waals surface area contributed by atoms with Gasteiger partial charge in [-0.1, -0.05) is 32.0 Å². The van der Waals surface area contributed by atoms with Crippen molar-refractivity contribution >= 4 is 17.6 Å². The first kappa shape index (κ1) is 17.3. The molecule has 2 N–H and O–H groups in total. The summed E-state index contributed by atoms with van der Waals surface area (Å²) in [6, 6.07) is 9.50. The van der Waals surface area contributed by atoms with E-state index >= 15 is 0 Å². The molecule has 23 heavy (non-hydrogen) atoms. The molecule has 1 aliphatic heterocycles. The number of hydrogen-bond acceptors (Lipinski definition) is 2. The number of nitrogens with zero attached hydrogens (tertiary/aromatic N) is 1. The van der Waals surface area contributed by atoms with Gasteiger partial charge in [0.1, 0.15) is 0 Å². The van der Waals surface area contributed by atoms with Gasteiger partial charge in [-0.15, -0.1) is 0 Å². The summed E-state index contributed by atoms with van der Waals surface area (Å²) in [7, 11) is 0. The van der Waals surface area contributed by atoms with Crippen molar-refractivity contribution in [1.82, 2.24) is 10.2 Å². The number of urea groups is 1. The van der Waals surface area contributed by atoms with Gasteiger partial charge in [-0.05, 0) is 37.8 Å². The molecule has 0 spiro atoms. The standard InChI is InChI=1S/C18H27N3O2/c1-13(2)14(3)19-18(23)21-11-7-8-15(12-21)17(22)20-16-9-5-4-6-10-16/h4-6,9-10,13-15H,7-8,11-12H2,1-3H3,(H,19,23)(H,20,22). The third-order valence-electron chi connectivity index (χ3n) is 4.47. The molecule has 126 valence electrons. The van der Waals surface area contributed by atoms with Gasteiger partial charge in [0, 0.05) is 24.8 Å². The average molecular weight is 317 g/mol. The molecular formula is C18H27N3O2. The third-order valence-corrected chi connectivity index (χ3v) is 4.47. The zero-order chi connectivity index (χ0) is 16.8. The van der Waals surface area contributed by atoms with E-state index in [1.165, 1.54) is 0 Å². The zero-order valence-electron chi connectivity index (χ0n) is 14.2. The number of para-hydroxylation sites is 1. The molecule has 2 unspecified atom stereocenters. The summed E-state index contributed by atoms with van der Waals surface area (Å²) in [6.07, 6.45) is 1.68. The molecule has 1 fully saturated rings. The second-order valence-corrected chi connectivity index (χ2v) is 6.62. The van der Waals surface area contributed by atoms with E-state index in [1.807, 2.05) is 37.3 Å². The van der Waals surface area contributed by atoms with Crippen LogP contribution in [0.2, 0.25) is 0 Å². The zero-order valence-corrected chi connectivity index (χ0v) is 14.2. The number of amides is 3. The van der Waals surface area contributed by atoms with Crippen LogP contribution in [-0.2, 0) is 4.79 Å². The molecule has 0 saturated carbocycles. The molecule has 1 saturated heterocycles. The number of carbonyl (C=O) groups excluding carboxylic acids is 2. The molecule has 1 heterocycles. The first-order valence-electron chi connectivity index (χ1n) is 8.38. The molecule has 5 heteroatoms. The Bertz CT molecular complexity index is 530. The van der Waals surface area contributed by atoms with E-state index < -0.39 is 0 Å². The molecule has 3 amide bonds. The molecule has 2 rings (SSSR count). The quantitative estimate of drug-likeness (QED) is 0.896. The number of rotatable bonds is 4. The van der Waals surface area contributed by atoms with Crippen LogP contribution in [0.5, 0.6) is 0 Å². The predicted octanol–water partition coefficient (Wildman–Crippen LogP) is 3.09. The van der Waals surface area contributed by atoms with Crippen molar-refractivity contribution in [1.29, 1.82) is 0 Å². The van der Waals surface area contributed by atoms with E-state index in [9.17, 15) is 9.59 Å². The van der Waals surface area contributed by atoms with Crippen molar-refractivity contribution in [3.8, 4) is 0 Å². The van der Waals surface area contributed by atoms with Crippen LogP contribution in [0, 0.1) is 11.8 Å². The molecular weight excluding hydrogens is 290 g/mol. The van der Waals surface area contributed by atoms with Gasteiger partial charge in [0.25, 0.3) is 0 Å². The van der Waals surface area contributed by atoms with Crippen molar-refractivity contribution < 1.29 is 9.59 Å². The Morgan fingerprint density at radius 3 is 2.52 bits per heavy atom. The molecule has 0 aliphatic carbocycles. The van der Waals surface area contributed by atoms with Crippen LogP contribution in [0.4, 0.5) is 10.5 Å². The van der Waals surface area contributed by atoms with Crippen molar-refractivity contribution in [2.24, 2.45) is 11.8 Å². The highest BCUT2D eigenvalue weighted by Crippen LogP contribution is 2.19. The summed E-state index contributed by atoms with van der Waals surface area (Å²) < 4.78 is 0. The van der Waals surface area contributed by atoms with Gasteiger partial charge in [0.2, 0.25) is 5.91 Å². The van der Waals surface area contributed by atoms with Gasteiger partial charge in [0.15, 0.2) is 0 Å². The minimum atomic E-state index is -0.149. The minimum absolute atomic E-state index is 0.00870. The fourth-order valence-corrected chi connectivity index (χ4v) is 2.59. The highest BCUT2D eigenvalue weighted by Gasteiger charge is 2.29. The van der Waals surface area contributed by atoms with E-state index in [0.29, 0.717) is 19.0 Å². The lowest BCUT2D eigenvalue weighted by molar-refractivity contribution is -0.121. The van der Waals surface area contributed by atoms with Gasteiger partial charge >= 0.3 is 6.03 Å². The summed E-state index contributed by atoms with van der Waals surface area (Å²) in [6.45, 7) is 7.36. The number of benzene rings is 1. The Morgan fingerprint density at radius 2 is 1.87 bits per heavy atom. The molecule has 0 aromatic heterocycles. The number of nitrogens with one attached hydrogen (secondary N) is 2. The summed E-state index contributed by atoms with van der Waals surface area (Å²) in [5.41, 5.74) is 0.799. The smallest absolute Gasteiger partial charge is 0.317 e. The number of hydrogen-bond donors (Lipinski definition) is 2. The maximum atomic E-state index is 12.4. The van der Waals surface area contributed by atoms with Gasteiger partial charge in [-0.2, -0.15) is 0 Å². The molecule has 1 aliphatic rings. The fraction of sp³-hybridized carbons (Fsp3) is 0.556. The Balaban J connectivity index is 1.90. The minimum Gasteiger partial charge on any atom is -0.335 e.